The molecule has 0 amide bonds. The molecule has 0 radical (unpaired) electrons. The van der Waals surface area contributed by atoms with E-state index < -0.39 is 34.6 Å². The summed E-state index contributed by atoms with van der Waals surface area (Å²) < 4.78 is 93.5. The fraction of sp³-hybridized carbons (Fsp3) is 0.0426. The third-order valence-electron chi connectivity index (χ3n) is 10.7. The topological polar surface area (TPSA) is 85.2 Å². The van der Waals surface area contributed by atoms with E-state index in [-0.39, 0.29) is 16.9 Å². The van der Waals surface area contributed by atoms with Gasteiger partial charge in [-0.1, -0.05) is 48.5 Å². The van der Waals surface area contributed by atoms with Gasteiger partial charge in [-0.05, 0) is 78.9 Å². The van der Waals surface area contributed by atoms with E-state index in [1.807, 2.05) is 59.2 Å². The van der Waals surface area contributed by atoms with Crippen molar-refractivity contribution in [2.45, 2.75) is 12.4 Å². The largest absolute Gasteiger partial charge is 0.417 e. The van der Waals surface area contributed by atoms with E-state index in [0.29, 0.717) is 62.2 Å². The molecule has 4 aromatic heterocycles. The molecule has 0 aliphatic rings. The van der Waals surface area contributed by atoms with Gasteiger partial charge < -0.3 is 9.13 Å². The van der Waals surface area contributed by atoms with Gasteiger partial charge in [0.2, 0.25) is 0 Å². The molecule has 13 heteroatoms. The van der Waals surface area contributed by atoms with E-state index in [2.05, 4.69) is 26.0 Å². The highest BCUT2D eigenvalue weighted by atomic mass is 19.4. The van der Waals surface area contributed by atoms with Gasteiger partial charge in [0.15, 0.2) is 11.6 Å². The highest BCUT2D eigenvalue weighted by molar-refractivity contribution is 6.13. The molecule has 4 heterocycles. The molecule has 0 spiro atoms. The van der Waals surface area contributed by atoms with E-state index in [0.717, 1.165) is 22.4 Å². The second-order valence-corrected chi connectivity index (χ2v) is 14.0. The molecule has 0 fully saturated rings. The summed E-state index contributed by atoms with van der Waals surface area (Å²) in [7, 11) is 0. The summed E-state index contributed by atoms with van der Waals surface area (Å²) in [6, 6.07) is 35.6. The molecular formula is C47H25F6N7. The number of nitriles is 1. The van der Waals surface area contributed by atoms with E-state index in [1.165, 1.54) is 12.1 Å². The summed E-state index contributed by atoms with van der Waals surface area (Å²) in [5.41, 5.74) is -1.08. The average Bonchev–Trinajstić information content (AvgIpc) is 3.77. The maximum atomic E-state index is 15.0. The molecule has 0 saturated heterocycles. The van der Waals surface area contributed by atoms with Gasteiger partial charge in [0.05, 0.1) is 44.6 Å². The first-order chi connectivity index (χ1) is 29.0. The first kappa shape index (κ1) is 36.5. The zero-order valence-electron chi connectivity index (χ0n) is 30.8. The van der Waals surface area contributed by atoms with Gasteiger partial charge in [-0.3, -0.25) is 0 Å². The monoisotopic (exact) mass is 801 g/mol. The van der Waals surface area contributed by atoms with Crippen molar-refractivity contribution in [2.24, 2.45) is 0 Å². The number of benzene rings is 6. The number of alkyl halides is 6. The van der Waals surface area contributed by atoms with E-state index in [9.17, 15) is 5.26 Å². The van der Waals surface area contributed by atoms with Crippen LogP contribution in [0.4, 0.5) is 26.3 Å². The SMILES string of the molecule is N#Cc1c(-n2c3ccccc3c3cc(-c4ncccn4)ccc32)ccc(-c2c(C(F)(F)F)cccc2C(F)(F)F)c1-n1c2ccccc2c2cc(-c3ncccn3)ccc21. The Balaban J connectivity index is 1.36. The molecule has 60 heavy (non-hydrogen) atoms. The second kappa shape index (κ2) is 13.6. The van der Waals surface area contributed by atoms with Crippen molar-refractivity contribution in [1.82, 2.24) is 29.1 Å². The summed E-state index contributed by atoms with van der Waals surface area (Å²) >= 11 is 0. The number of nitrogens with zero attached hydrogens (tertiary/aromatic N) is 7. The minimum absolute atomic E-state index is 0.158. The minimum Gasteiger partial charge on any atom is -0.308 e. The van der Waals surface area contributed by atoms with E-state index in [1.54, 1.807) is 71.8 Å². The Labute approximate surface area is 336 Å². The molecule has 6 aromatic carbocycles. The number of hydrogen-bond donors (Lipinski definition) is 0. The van der Waals surface area contributed by atoms with Crippen LogP contribution in [-0.4, -0.2) is 29.1 Å². The Bertz CT molecular complexity index is 3330. The number of fused-ring (bicyclic) bond motifs is 6. The maximum absolute atomic E-state index is 15.0. The highest BCUT2D eigenvalue weighted by Gasteiger charge is 2.42. The third-order valence-corrected chi connectivity index (χ3v) is 10.7. The van der Waals surface area contributed by atoms with E-state index >= 15 is 26.3 Å². The number of halogens is 6. The van der Waals surface area contributed by atoms with Crippen LogP contribution in [0, 0.1) is 11.3 Å². The second-order valence-electron chi connectivity index (χ2n) is 14.0. The van der Waals surface area contributed by atoms with Crippen molar-refractivity contribution in [3.8, 4) is 51.3 Å². The molecule has 10 rings (SSSR count). The zero-order chi connectivity index (χ0) is 41.3. The lowest BCUT2D eigenvalue weighted by molar-refractivity contribution is -0.142. The normalized spacial score (nSPS) is 12.2. The molecule has 0 saturated carbocycles. The van der Waals surface area contributed by atoms with Gasteiger partial charge in [-0.2, -0.15) is 31.6 Å². The molecule has 0 N–H and O–H groups in total. The summed E-state index contributed by atoms with van der Waals surface area (Å²) in [6.07, 6.45) is -3.95. The number of hydrogen-bond acceptors (Lipinski definition) is 5. The van der Waals surface area contributed by atoms with Crippen molar-refractivity contribution in [2.75, 3.05) is 0 Å². The molecule has 10 aromatic rings. The average molecular weight is 802 g/mol. The Kier molecular flexibility index (Phi) is 8.29. The fourth-order valence-corrected chi connectivity index (χ4v) is 8.25. The van der Waals surface area contributed by atoms with Gasteiger partial charge in [0.1, 0.15) is 11.6 Å². The van der Waals surface area contributed by atoms with Gasteiger partial charge in [0.25, 0.3) is 0 Å². The van der Waals surface area contributed by atoms with Crippen molar-refractivity contribution < 1.29 is 26.3 Å². The highest BCUT2D eigenvalue weighted by Crippen LogP contribution is 2.49. The molecule has 0 unspecified atom stereocenters. The molecule has 0 bridgehead atoms. The Hall–Kier alpha value is -7.85. The van der Waals surface area contributed by atoms with Gasteiger partial charge in [0, 0.05) is 68.6 Å². The minimum atomic E-state index is -5.20. The van der Waals surface area contributed by atoms with Crippen LogP contribution in [0.15, 0.2) is 152 Å². The van der Waals surface area contributed by atoms with Crippen LogP contribution < -0.4 is 0 Å². The predicted molar refractivity (Wildman–Crippen MR) is 217 cm³/mol. The first-order valence-electron chi connectivity index (χ1n) is 18.5. The van der Waals surface area contributed by atoms with Gasteiger partial charge in [-0.25, -0.2) is 19.9 Å². The molecule has 290 valence electrons. The number of rotatable bonds is 5. The Morgan fingerprint density at radius 3 is 1.43 bits per heavy atom. The third kappa shape index (κ3) is 5.75. The number of para-hydroxylation sites is 2. The van der Waals surface area contributed by atoms with Crippen molar-refractivity contribution in [1.29, 1.82) is 5.26 Å². The molecule has 0 atom stereocenters. The van der Waals surface area contributed by atoms with Crippen LogP contribution >= 0.6 is 0 Å². The molecule has 7 nitrogen and oxygen atoms in total. The fourth-order valence-electron chi connectivity index (χ4n) is 8.25. The zero-order valence-corrected chi connectivity index (χ0v) is 30.8. The molecular weight excluding hydrogens is 777 g/mol. The van der Waals surface area contributed by atoms with E-state index in [4.69, 9.17) is 0 Å². The van der Waals surface area contributed by atoms with Crippen LogP contribution in [0.5, 0.6) is 0 Å². The van der Waals surface area contributed by atoms with Gasteiger partial charge >= 0.3 is 12.4 Å². The predicted octanol–water partition coefficient (Wildman–Crippen LogP) is 12.4. The van der Waals surface area contributed by atoms with Gasteiger partial charge in [-0.15, -0.1) is 0 Å². The van der Waals surface area contributed by atoms with Crippen LogP contribution in [0.1, 0.15) is 16.7 Å². The maximum Gasteiger partial charge on any atom is 0.417 e. The lowest BCUT2D eigenvalue weighted by Gasteiger charge is -2.24. The lowest BCUT2D eigenvalue weighted by atomic mass is 9.90. The van der Waals surface area contributed by atoms with Crippen LogP contribution in [0.25, 0.3) is 88.9 Å². The standard InChI is InChI=1S/C47H25F6N7/c48-46(49,50)35-10-5-11-36(47(51,52)53)42(35)31-16-19-41(59-37-12-3-1-8-29(37)32-24-27(14-17-39(32)59)44-55-20-6-21-56-44)34(26-54)43(31)60-38-13-4-2-9-30(38)33-25-28(15-18-40(33)60)45-57-22-7-23-58-45/h1-25H. The Morgan fingerprint density at radius 2 is 0.933 bits per heavy atom. The van der Waals surface area contributed by atoms with Crippen LogP contribution in [0.3, 0.4) is 0 Å². The summed E-state index contributed by atoms with van der Waals surface area (Å²) in [6.45, 7) is 0. The lowest BCUT2D eigenvalue weighted by Crippen LogP contribution is -2.16. The van der Waals surface area contributed by atoms with Crippen molar-refractivity contribution in [3.05, 3.63) is 169 Å². The summed E-state index contributed by atoms with van der Waals surface area (Å²) in [4.78, 5) is 17.5. The van der Waals surface area contributed by atoms with Crippen molar-refractivity contribution >= 4 is 43.6 Å². The van der Waals surface area contributed by atoms with Crippen molar-refractivity contribution in [3.63, 3.8) is 0 Å². The first-order valence-corrected chi connectivity index (χ1v) is 18.5. The van der Waals surface area contributed by atoms with Crippen LogP contribution in [0.2, 0.25) is 0 Å². The molecule has 0 aliphatic heterocycles. The van der Waals surface area contributed by atoms with Crippen LogP contribution in [-0.2, 0) is 12.4 Å². The summed E-state index contributed by atoms with van der Waals surface area (Å²) in [5, 5.41) is 14.1. The number of aromatic nitrogens is 6. The Morgan fingerprint density at radius 1 is 0.467 bits per heavy atom. The quantitative estimate of drug-likeness (QED) is 0.162. The summed E-state index contributed by atoms with van der Waals surface area (Å²) in [5.74, 6) is 0.900. The molecule has 0 aliphatic carbocycles. The smallest absolute Gasteiger partial charge is 0.308 e.